The third-order valence-corrected chi connectivity index (χ3v) is 6.75. The average Bonchev–Trinajstić information content (AvgIpc) is 3.16. The lowest BCUT2D eigenvalue weighted by Gasteiger charge is -2.36. The summed E-state index contributed by atoms with van der Waals surface area (Å²) in [7, 11) is 0. The van der Waals surface area contributed by atoms with E-state index in [-0.39, 0.29) is 23.8 Å². The average molecular weight is 438 g/mol. The molecule has 158 valence electrons. The van der Waals surface area contributed by atoms with E-state index < -0.39 is 0 Å². The molecule has 0 radical (unpaired) electrons. The van der Waals surface area contributed by atoms with E-state index in [1.807, 2.05) is 12.1 Å². The molecule has 1 amide bonds. The van der Waals surface area contributed by atoms with Crippen LogP contribution in [0.15, 0.2) is 47.4 Å². The van der Waals surface area contributed by atoms with Crippen molar-refractivity contribution in [1.82, 2.24) is 19.4 Å². The van der Waals surface area contributed by atoms with Gasteiger partial charge in [0.15, 0.2) is 0 Å². The molecule has 1 aromatic carbocycles. The highest BCUT2D eigenvalue weighted by molar-refractivity contribution is 7.25. The number of rotatable bonds is 3. The van der Waals surface area contributed by atoms with Gasteiger partial charge in [-0.2, -0.15) is 0 Å². The maximum atomic E-state index is 13.1. The number of amides is 1. The molecule has 1 saturated heterocycles. The Kier molecular flexibility index (Phi) is 4.90. The monoisotopic (exact) mass is 437 g/mol. The van der Waals surface area contributed by atoms with Crippen molar-refractivity contribution in [2.45, 2.75) is 13.5 Å². The number of hydrogen-bond acceptors (Lipinski definition) is 6. The third kappa shape index (κ3) is 3.54. The summed E-state index contributed by atoms with van der Waals surface area (Å²) >= 11 is 1.31. The van der Waals surface area contributed by atoms with Crippen LogP contribution in [0.1, 0.15) is 5.82 Å². The first-order valence-corrected chi connectivity index (χ1v) is 10.9. The van der Waals surface area contributed by atoms with E-state index in [0.717, 1.165) is 15.9 Å². The second-order valence-electron chi connectivity index (χ2n) is 7.53. The number of carbonyl (C=O) groups excluding carboxylic acids is 1. The summed E-state index contributed by atoms with van der Waals surface area (Å²) < 4.78 is 15.1. The molecule has 1 fully saturated rings. The van der Waals surface area contributed by atoms with Gasteiger partial charge in [-0.3, -0.25) is 14.2 Å². The molecule has 0 aliphatic carbocycles. The van der Waals surface area contributed by atoms with Crippen LogP contribution in [0, 0.1) is 12.7 Å². The number of nitrogens with zero attached hydrogens (tertiary/aromatic N) is 5. The third-order valence-electron chi connectivity index (χ3n) is 5.66. The number of fused-ring (bicyclic) bond motifs is 3. The number of piperazine rings is 1. The van der Waals surface area contributed by atoms with Crippen LogP contribution in [0.2, 0.25) is 0 Å². The van der Waals surface area contributed by atoms with Gasteiger partial charge in [-0.15, -0.1) is 11.3 Å². The maximum absolute atomic E-state index is 13.1. The number of thiophene rings is 1. The largest absolute Gasteiger partial charge is 0.368 e. The molecule has 0 atom stereocenters. The Morgan fingerprint density at radius 1 is 1.13 bits per heavy atom. The molecule has 0 bridgehead atoms. The Bertz CT molecular complexity index is 1340. The Labute approximate surface area is 181 Å². The highest BCUT2D eigenvalue weighted by Crippen LogP contribution is 2.28. The number of carbonyl (C=O) groups is 1. The van der Waals surface area contributed by atoms with E-state index in [4.69, 9.17) is 0 Å². The van der Waals surface area contributed by atoms with Crippen LogP contribution in [0.3, 0.4) is 0 Å². The minimum absolute atomic E-state index is 0.0359. The van der Waals surface area contributed by atoms with Gasteiger partial charge in [0.25, 0.3) is 5.56 Å². The van der Waals surface area contributed by atoms with Gasteiger partial charge in [-0.1, -0.05) is 0 Å². The van der Waals surface area contributed by atoms with Gasteiger partial charge in [-0.25, -0.2) is 14.4 Å². The lowest BCUT2D eigenvalue weighted by atomic mass is 10.2. The normalized spacial score (nSPS) is 14.5. The van der Waals surface area contributed by atoms with Crippen LogP contribution < -0.4 is 10.5 Å². The van der Waals surface area contributed by atoms with Gasteiger partial charge >= 0.3 is 0 Å². The van der Waals surface area contributed by atoms with Gasteiger partial charge in [-0.05, 0) is 43.3 Å². The highest BCUT2D eigenvalue weighted by Gasteiger charge is 2.23. The van der Waals surface area contributed by atoms with Crippen molar-refractivity contribution >= 4 is 43.4 Å². The fourth-order valence-electron chi connectivity index (χ4n) is 3.95. The number of pyridine rings is 1. The first-order valence-electron chi connectivity index (χ1n) is 10.0. The van der Waals surface area contributed by atoms with Crippen LogP contribution >= 0.6 is 11.3 Å². The Hall–Kier alpha value is -3.33. The van der Waals surface area contributed by atoms with Crippen molar-refractivity contribution in [3.8, 4) is 0 Å². The smallest absolute Gasteiger partial charge is 0.272 e. The topological polar surface area (TPSA) is 71.3 Å². The first-order chi connectivity index (χ1) is 15.0. The van der Waals surface area contributed by atoms with Crippen molar-refractivity contribution < 1.29 is 9.18 Å². The van der Waals surface area contributed by atoms with Crippen LogP contribution in [-0.4, -0.2) is 51.5 Å². The fourth-order valence-corrected chi connectivity index (χ4v) is 4.99. The Morgan fingerprint density at radius 2 is 1.87 bits per heavy atom. The van der Waals surface area contributed by atoms with Gasteiger partial charge in [0, 0.05) is 43.4 Å². The molecule has 0 N–H and O–H groups in total. The van der Waals surface area contributed by atoms with E-state index in [0.29, 0.717) is 42.2 Å². The lowest BCUT2D eigenvalue weighted by Crippen LogP contribution is -2.50. The van der Waals surface area contributed by atoms with E-state index in [2.05, 4.69) is 14.9 Å². The Balaban J connectivity index is 1.34. The van der Waals surface area contributed by atoms with Gasteiger partial charge in [0.2, 0.25) is 5.91 Å². The molecular formula is C22H20FN5O2S. The standard InChI is InChI=1S/C22H20FN5O2S/c1-14-25-19-17-3-2-8-24-21(17)31-20(19)22(30)28(14)13-18(29)27-11-9-26(10-12-27)16-6-4-15(23)5-7-16/h2-8H,9-13H2,1H3. The second kappa shape index (κ2) is 7.73. The predicted molar refractivity (Wildman–Crippen MR) is 119 cm³/mol. The minimum Gasteiger partial charge on any atom is -0.368 e. The van der Waals surface area contributed by atoms with Crippen molar-refractivity contribution in [2.75, 3.05) is 31.1 Å². The molecule has 4 heterocycles. The molecule has 0 unspecified atom stereocenters. The van der Waals surface area contributed by atoms with Crippen LogP contribution in [0.4, 0.5) is 10.1 Å². The molecule has 1 aliphatic rings. The summed E-state index contributed by atoms with van der Waals surface area (Å²) in [5.74, 6) is 0.141. The summed E-state index contributed by atoms with van der Waals surface area (Å²) in [6.07, 6.45) is 1.69. The predicted octanol–water partition coefficient (Wildman–Crippen LogP) is 2.80. The van der Waals surface area contributed by atoms with Gasteiger partial charge in [0.1, 0.15) is 27.7 Å². The number of aryl methyl sites for hydroxylation is 1. The lowest BCUT2D eigenvalue weighted by molar-refractivity contribution is -0.132. The number of anilines is 1. The molecule has 0 spiro atoms. The molecular weight excluding hydrogens is 417 g/mol. The Morgan fingerprint density at radius 3 is 2.61 bits per heavy atom. The molecule has 0 saturated carbocycles. The minimum atomic E-state index is -0.265. The van der Waals surface area contributed by atoms with Gasteiger partial charge < -0.3 is 9.80 Å². The van der Waals surface area contributed by atoms with Crippen LogP contribution in [-0.2, 0) is 11.3 Å². The molecule has 3 aromatic heterocycles. The summed E-state index contributed by atoms with van der Waals surface area (Å²) in [6.45, 7) is 4.13. The van der Waals surface area contributed by atoms with Crippen molar-refractivity contribution in [3.63, 3.8) is 0 Å². The van der Waals surface area contributed by atoms with E-state index in [9.17, 15) is 14.0 Å². The molecule has 4 aromatic rings. The zero-order valence-electron chi connectivity index (χ0n) is 16.9. The van der Waals surface area contributed by atoms with E-state index >= 15 is 0 Å². The van der Waals surface area contributed by atoms with E-state index in [1.165, 1.54) is 28.0 Å². The van der Waals surface area contributed by atoms with Crippen molar-refractivity contribution in [2.24, 2.45) is 0 Å². The highest BCUT2D eigenvalue weighted by atomic mass is 32.1. The maximum Gasteiger partial charge on any atom is 0.272 e. The molecule has 5 rings (SSSR count). The van der Waals surface area contributed by atoms with Gasteiger partial charge in [0.05, 0.1) is 5.52 Å². The van der Waals surface area contributed by atoms with Crippen LogP contribution in [0.5, 0.6) is 0 Å². The molecule has 1 aliphatic heterocycles. The molecule has 31 heavy (non-hydrogen) atoms. The van der Waals surface area contributed by atoms with Crippen molar-refractivity contribution in [3.05, 3.63) is 64.6 Å². The summed E-state index contributed by atoms with van der Waals surface area (Å²) in [6, 6.07) is 10.1. The number of halogens is 1. The summed E-state index contributed by atoms with van der Waals surface area (Å²) in [4.78, 5) is 39.6. The van der Waals surface area contributed by atoms with Crippen molar-refractivity contribution in [1.29, 1.82) is 0 Å². The molecule has 9 heteroatoms. The number of aromatic nitrogens is 3. The summed E-state index contributed by atoms with van der Waals surface area (Å²) in [5.41, 5.74) is 1.38. The van der Waals surface area contributed by atoms with E-state index in [1.54, 1.807) is 30.2 Å². The molecule has 7 nitrogen and oxygen atoms in total. The quantitative estimate of drug-likeness (QED) is 0.493. The van der Waals surface area contributed by atoms with Crippen LogP contribution in [0.25, 0.3) is 20.4 Å². The second-order valence-corrected chi connectivity index (χ2v) is 8.53. The first kappa shape index (κ1) is 19.6. The zero-order chi connectivity index (χ0) is 21.5. The number of hydrogen-bond donors (Lipinski definition) is 0. The zero-order valence-corrected chi connectivity index (χ0v) is 17.7. The SMILES string of the molecule is Cc1nc2c(sc3ncccc32)c(=O)n1CC(=O)N1CCN(c2ccc(F)cc2)CC1. The fraction of sp³-hybridized carbons (Fsp3) is 0.273. The summed E-state index contributed by atoms with van der Waals surface area (Å²) in [5, 5.41) is 0.859. The number of benzene rings is 1.